The Morgan fingerprint density at radius 3 is 2.18 bits per heavy atom. The molecule has 0 aromatic heterocycles. The third kappa shape index (κ3) is 13.6. The Labute approximate surface area is 235 Å². The van der Waals surface area contributed by atoms with Gasteiger partial charge in [0.2, 0.25) is 0 Å². The second-order valence-corrected chi connectivity index (χ2v) is 10.8. The molecular formula is C32H51F2N3O2. The van der Waals surface area contributed by atoms with Gasteiger partial charge in [0.25, 0.3) is 5.92 Å². The molecule has 0 spiro atoms. The van der Waals surface area contributed by atoms with Crippen LogP contribution in [-0.4, -0.2) is 41.0 Å². The van der Waals surface area contributed by atoms with Crippen LogP contribution in [0.1, 0.15) is 84.2 Å². The maximum Gasteiger partial charge on any atom is 0.335 e. The van der Waals surface area contributed by atoms with Gasteiger partial charge in [0, 0.05) is 37.6 Å². The highest BCUT2D eigenvalue weighted by Gasteiger charge is 2.34. The summed E-state index contributed by atoms with van der Waals surface area (Å²) in [6.45, 7) is 23.2. The van der Waals surface area contributed by atoms with Crippen LogP contribution < -0.4 is 11.1 Å². The van der Waals surface area contributed by atoms with Crippen molar-refractivity contribution in [1.29, 1.82) is 0 Å². The molecule has 7 heteroatoms. The number of aromatic carboxylic acids is 1. The third-order valence-corrected chi connectivity index (χ3v) is 6.60. The number of nitrogens with zero attached hydrogens (tertiary/aromatic N) is 1. The number of hydrogen-bond donors (Lipinski definition) is 3. The molecule has 1 heterocycles. The summed E-state index contributed by atoms with van der Waals surface area (Å²) in [5.74, 6) is -3.86. The number of carboxylic acids is 1. The van der Waals surface area contributed by atoms with Crippen LogP contribution in [0, 0.1) is 18.3 Å². The number of likely N-dealkylation sites (tertiary alicyclic amines) is 1. The molecule has 39 heavy (non-hydrogen) atoms. The average Bonchev–Trinajstić information content (AvgIpc) is 2.84. The van der Waals surface area contributed by atoms with E-state index in [-0.39, 0.29) is 5.92 Å². The van der Waals surface area contributed by atoms with E-state index in [1.165, 1.54) is 18.5 Å². The molecule has 1 aliphatic heterocycles. The fraction of sp³-hybridized carbons (Fsp3) is 0.531. The van der Waals surface area contributed by atoms with Crippen LogP contribution in [0.4, 0.5) is 8.78 Å². The minimum Gasteiger partial charge on any atom is -0.478 e. The molecule has 1 aromatic carbocycles. The lowest BCUT2D eigenvalue weighted by molar-refractivity contribution is 0.00361. The lowest BCUT2D eigenvalue weighted by Crippen LogP contribution is -2.41. The van der Waals surface area contributed by atoms with Gasteiger partial charge in [-0.2, -0.15) is 0 Å². The number of alkyl halides is 2. The predicted octanol–water partition coefficient (Wildman–Crippen LogP) is 7.91. The van der Waals surface area contributed by atoms with Gasteiger partial charge in [-0.25, -0.2) is 13.6 Å². The first-order chi connectivity index (χ1) is 18.0. The lowest BCUT2D eigenvalue weighted by atomic mass is 9.82. The molecule has 0 amide bonds. The van der Waals surface area contributed by atoms with E-state index in [1.807, 2.05) is 39.8 Å². The highest BCUT2D eigenvalue weighted by molar-refractivity contribution is 5.89. The number of carbonyl (C=O) groups is 1. The average molecular weight is 548 g/mol. The summed E-state index contributed by atoms with van der Waals surface area (Å²) < 4.78 is 27.0. The molecule has 0 saturated carbocycles. The van der Waals surface area contributed by atoms with Gasteiger partial charge in [0.15, 0.2) is 0 Å². The van der Waals surface area contributed by atoms with Gasteiger partial charge in [-0.1, -0.05) is 72.4 Å². The van der Waals surface area contributed by atoms with Gasteiger partial charge in [-0.3, -0.25) is 0 Å². The van der Waals surface area contributed by atoms with Crippen molar-refractivity contribution in [2.24, 2.45) is 17.1 Å². The molecule has 1 fully saturated rings. The van der Waals surface area contributed by atoms with Crippen molar-refractivity contribution < 1.29 is 18.7 Å². The maximum atomic E-state index is 13.5. The minimum absolute atomic E-state index is 0.0517. The summed E-state index contributed by atoms with van der Waals surface area (Å²) in [5, 5.41) is 11.7. The Morgan fingerprint density at radius 1 is 1.21 bits per heavy atom. The lowest BCUT2D eigenvalue weighted by Gasteiger charge is -2.38. The van der Waals surface area contributed by atoms with Crippen LogP contribution in [0.2, 0.25) is 0 Å². The molecule has 220 valence electrons. The first-order valence-electron chi connectivity index (χ1n) is 13.7. The normalized spacial score (nSPS) is 16.6. The Hall–Kier alpha value is -2.93. The predicted molar refractivity (Wildman–Crippen MR) is 161 cm³/mol. The molecule has 2 rings (SSSR count). The smallest absolute Gasteiger partial charge is 0.335 e. The molecule has 0 aliphatic carbocycles. The van der Waals surface area contributed by atoms with Crippen molar-refractivity contribution >= 4 is 5.97 Å². The third-order valence-electron chi connectivity index (χ3n) is 6.60. The van der Waals surface area contributed by atoms with Crippen LogP contribution in [-0.2, 0) is 0 Å². The number of benzene rings is 1. The molecule has 5 nitrogen and oxygen atoms in total. The van der Waals surface area contributed by atoms with Crippen LogP contribution in [0.15, 0.2) is 72.2 Å². The van der Waals surface area contributed by atoms with Gasteiger partial charge < -0.3 is 21.1 Å². The van der Waals surface area contributed by atoms with Crippen LogP contribution in [0.5, 0.6) is 0 Å². The van der Waals surface area contributed by atoms with Crippen molar-refractivity contribution in [3.8, 4) is 0 Å². The number of rotatable bonds is 9. The molecule has 1 unspecified atom stereocenters. The van der Waals surface area contributed by atoms with Crippen LogP contribution >= 0.6 is 0 Å². The van der Waals surface area contributed by atoms with Crippen molar-refractivity contribution in [2.75, 3.05) is 13.1 Å². The Morgan fingerprint density at radius 2 is 1.74 bits per heavy atom. The topological polar surface area (TPSA) is 78.6 Å². The molecule has 1 aromatic rings. The van der Waals surface area contributed by atoms with Gasteiger partial charge in [0.1, 0.15) is 0 Å². The second-order valence-electron chi connectivity index (χ2n) is 10.8. The van der Waals surface area contributed by atoms with Crippen LogP contribution in [0.3, 0.4) is 0 Å². The van der Waals surface area contributed by atoms with E-state index >= 15 is 0 Å². The number of nitrogens with one attached hydrogen (secondary N) is 1. The summed E-state index contributed by atoms with van der Waals surface area (Å²) in [5.41, 5.74) is 9.77. The molecule has 1 atom stereocenters. The van der Waals surface area contributed by atoms with Crippen molar-refractivity contribution in [3.63, 3.8) is 0 Å². The fourth-order valence-electron chi connectivity index (χ4n) is 3.92. The molecule has 1 saturated heterocycles. The highest BCUT2D eigenvalue weighted by atomic mass is 19.3. The molecular weight excluding hydrogens is 496 g/mol. The maximum absolute atomic E-state index is 13.5. The van der Waals surface area contributed by atoms with E-state index in [4.69, 9.17) is 10.8 Å². The Bertz CT molecular complexity index is 995. The zero-order chi connectivity index (χ0) is 30.4. The highest BCUT2D eigenvalue weighted by Crippen LogP contribution is 2.31. The largest absolute Gasteiger partial charge is 0.478 e. The van der Waals surface area contributed by atoms with E-state index in [1.54, 1.807) is 43.5 Å². The zero-order valence-electron chi connectivity index (χ0n) is 25.4. The van der Waals surface area contributed by atoms with Crippen molar-refractivity contribution in [3.05, 3.63) is 83.4 Å². The van der Waals surface area contributed by atoms with Crippen LogP contribution in [0.25, 0.3) is 0 Å². The number of carboxylic acid groups (broad SMARTS) is 1. The summed E-state index contributed by atoms with van der Waals surface area (Å²) in [7, 11) is 0. The van der Waals surface area contributed by atoms with Crippen molar-refractivity contribution in [2.45, 2.75) is 87.1 Å². The Balaban J connectivity index is 0.000000996. The quantitative estimate of drug-likeness (QED) is 0.274. The van der Waals surface area contributed by atoms with Gasteiger partial charge in [-0.05, 0) is 67.4 Å². The first-order valence-corrected chi connectivity index (χ1v) is 13.7. The molecule has 0 radical (unpaired) electrons. The zero-order valence-corrected chi connectivity index (χ0v) is 25.4. The number of allylic oxidation sites excluding steroid dienone is 4. The molecule has 1 aliphatic rings. The molecule has 4 N–H and O–H groups in total. The fourth-order valence-corrected chi connectivity index (χ4v) is 3.92. The number of piperidine rings is 1. The molecule has 0 bridgehead atoms. The van der Waals surface area contributed by atoms with E-state index in [0.717, 1.165) is 31.3 Å². The SMILES string of the molecule is C=C(/C=C(\C)N1CCC(C)(C)CC1)N/C=C\C=C(/C(C)C)C(N)C(C)(F)F.CC.Cc1ccccc1C(=O)O. The summed E-state index contributed by atoms with van der Waals surface area (Å²) >= 11 is 0. The van der Waals surface area contributed by atoms with Gasteiger partial charge in [-0.15, -0.1) is 0 Å². The second kappa shape index (κ2) is 16.9. The number of aryl methyl sites for hydroxylation is 1. The minimum atomic E-state index is -2.94. The number of halogens is 2. The summed E-state index contributed by atoms with van der Waals surface area (Å²) in [4.78, 5) is 12.8. The standard InChI is InChI=1S/C22H37F2N3.C8H8O2.C2H6/c1-16(2)19(20(25)22(7,23)24)9-8-12-26-17(3)15-18(4)27-13-10-21(5,6)11-14-27;1-6-4-2-3-5-7(6)8(9)10;1-2/h8-9,12,15-16,20,26H,3,10-11,13-14,25H2,1-2,4-7H3;2-5H,1H3,(H,9,10);1-2H3/b12-8-,18-15+,19-9+;;. The monoisotopic (exact) mass is 547 g/mol. The Kier molecular flexibility index (Phi) is 15.6. The van der Waals surface area contributed by atoms with Gasteiger partial charge in [0.05, 0.1) is 11.6 Å². The number of nitrogens with two attached hydrogens (primary N) is 1. The van der Waals surface area contributed by atoms with E-state index < -0.39 is 17.9 Å². The summed E-state index contributed by atoms with van der Waals surface area (Å²) in [6, 6.07) is 5.63. The van der Waals surface area contributed by atoms with E-state index in [2.05, 4.69) is 37.6 Å². The van der Waals surface area contributed by atoms with Gasteiger partial charge >= 0.3 is 5.97 Å². The summed E-state index contributed by atoms with van der Waals surface area (Å²) in [6.07, 6.45) is 9.46. The number of hydrogen-bond acceptors (Lipinski definition) is 4. The van der Waals surface area contributed by atoms with E-state index in [9.17, 15) is 13.6 Å². The van der Waals surface area contributed by atoms with Crippen molar-refractivity contribution in [1.82, 2.24) is 10.2 Å². The van der Waals surface area contributed by atoms with E-state index in [0.29, 0.717) is 16.6 Å². The first kappa shape index (κ1) is 36.1.